The standard InChI is InChI=1S/C18H21N3O5S2/c1-13(2)20(3)28(25,26)17-10-4-14(5-11-17)19-18(22)12-27-16-8-6-15(7-9-16)21(23)24/h4-11,13H,12H2,1-3H3,(H,19,22). The molecule has 0 unspecified atom stereocenters. The number of non-ortho nitro benzene ring substituents is 1. The van der Waals surface area contributed by atoms with Gasteiger partial charge in [0.1, 0.15) is 0 Å². The van der Waals surface area contributed by atoms with Crippen LogP contribution in [0.3, 0.4) is 0 Å². The first-order chi connectivity index (χ1) is 13.1. The van der Waals surface area contributed by atoms with Crippen LogP contribution in [0.1, 0.15) is 13.8 Å². The molecular weight excluding hydrogens is 402 g/mol. The number of hydrogen-bond acceptors (Lipinski definition) is 6. The molecule has 0 aromatic heterocycles. The molecule has 28 heavy (non-hydrogen) atoms. The number of carbonyl (C=O) groups excluding carboxylic acids is 1. The molecule has 0 bridgehead atoms. The SMILES string of the molecule is CC(C)N(C)S(=O)(=O)c1ccc(NC(=O)CSc2ccc([N+](=O)[O-])cc2)cc1. The molecule has 0 atom stereocenters. The average Bonchev–Trinajstić information content (AvgIpc) is 2.66. The molecule has 150 valence electrons. The Bertz CT molecular complexity index is 942. The van der Waals surface area contributed by atoms with E-state index in [2.05, 4.69) is 5.32 Å². The van der Waals surface area contributed by atoms with Gasteiger partial charge in [-0.1, -0.05) is 0 Å². The molecule has 0 heterocycles. The topological polar surface area (TPSA) is 110 Å². The molecule has 8 nitrogen and oxygen atoms in total. The van der Waals surface area contributed by atoms with Crippen LogP contribution in [0.2, 0.25) is 0 Å². The maximum Gasteiger partial charge on any atom is 0.269 e. The predicted octanol–water partition coefficient (Wildman–Crippen LogP) is 3.35. The molecule has 2 aromatic rings. The summed E-state index contributed by atoms with van der Waals surface area (Å²) in [6.07, 6.45) is 0. The summed E-state index contributed by atoms with van der Waals surface area (Å²) >= 11 is 1.25. The Hall–Kier alpha value is -2.43. The molecule has 0 aliphatic heterocycles. The number of nitrogens with zero attached hydrogens (tertiary/aromatic N) is 2. The van der Waals surface area contributed by atoms with Crippen molar-refractivity contribution in [1.82, 2.24) is 4.31 Å². The maximum atomic E-state index is 12.4. The molecule has 2 rings (SSSR count). The minimum Gasteiger partial charge on any atom is -0.325 e. The number of anilines is 1. The molecule has 2 aromatic carbocycles. The highest BCUT2D eigenvalue weighted by molar-refractivity contribution is 8.00. The number of rotatable bonds is 8. The van der Waals surface area contributed by atoms with Crippen LogP contribution >= 0.6 is 11.8 Å². The molecular formula is C18H21N3O5S2. The summed E-state index contributed by atoms with van der Waals surface area (Å²) in [6, 6.07) is 11.7. The quantitative estimate of drug-likeness (QED) is 0.396. The van der Waals surface area contributed by atoms with Crippen molar-refractivity contribution >= 4 is 39.1 Å². The lowest BCUT2D eigenvalue weighted by Crippen LogP contribution is -2.33. The fraction of sp³-hybridized carbons (Fsp3) is 0.278. The second-order valence-corrected chi connectivity index (χ2v) is 9.27. The molecule has 1 amide bonds. The van der Waals surface area contributed by atoms with Crippen molar-refractivity contribution < 1.29 is 18.1 Å². The van der Waals surface area contributed by atoms with Crippen LogP contribution in [0.5, 0.6) is 0 Å². The third-order valence-electron chi connectivity index (χ3n) is 3.96. The van der Waals surface area contributed by atoms with Crippen LogP contribution in [0.4, 0.5) is 11.4 Å². The lowest BCUT2D eigenvalue weighted by molar-refractivity contribution is -0.384. The molecule has 0 saturated carbocycles. The van der Waals surface area contributed by atoms with Crippen LogP contribution < -0.4 is 5.32 Å². The van der Waals surface area contributed by atoms with Crippen molar-refractivity contribution in [3.8, 4) is 0 Å². The monoisotopic (exact) mass is 423 g/mol. The van der Waals surface area contributed by atoms with Crippen molar-refractivity contribution in [3.63, 3.8) is 0 Å². The highest BCUT2D eigenvalue weighted by Crippen LogP contribution is 2.22. The Labute approximate surface area is 168 Å². The van der Waals surface area contributed by atoms with Gasteiger partial charge >= 0.3 is 0 Å². The molecule has 0 aliphatic rings. The average molecular weight is 424 g/mol. The first-order valence-corrected chi connectivity index (χ1v) is 10.8. The van der Waals surface area contributed by atoms with E-state index in [0.717, 1.165) is 4.90 Å². The van der Waals surface area contributed by atoms with Gasteiger partial charge in [0.25, 0.3) is 5.69 Å². The summed E-state index contributed by atoms with van der Waals surface area (Å²) in [5.74, 6) is -0.147. The summed E-state index contributed by atoms with van der Waals surface area (Å²) in [6.45, 7) is 3.57. The molecule has 0 radical (unpaired) electrons. The lowest BCUT2D eigenvalue weighted by atomic mass is 10.3. The zero-order chi connectivity index (χ0) is 20.9. The number of thioether (sulfide) groups is 1. The zero-order valence-corrected chi connectivity index (χ0v) is 17.3. The minimum absolute atomic E-state index is 0.00745. The fourth-order valence-corrected chi connectivity index (χ4v) is 4.23. The number of hydrogen-bond donors (Lipinski definition) is 1. The maximum absolute atomic E-state index is 12.4. The Kier molecular flexibility index (Phi) is 7.17. The van der Waals surface area contributed by atoms with Gasteiger partial charge in [-0.25, -0.2) is 8.42 Å². The number of amides is 1. The van der Waals surface area contributed by atoms with Gasteiger partial charge in [-0.2, -0.15) is 4.31 Å². The smallest absolute Gasteiger partial charge is 0.269 e. The van der Waals surface area contributed by atoms with Crippen molar-refractivity contribution in [2.24, 2.45) is 0 Å². The Morgan fingerprint density at radius 2 is 1.71 bits per heavy atom. The lowest BCUT2D eigenvalue weighted by Gasteiger charge is -2.21. The van der Waals surface area contributed by atoms with E-state index in [0.29, 0.717) is 5.69 Å². The first-order valence-electron chi connectivity index (χ1n) is 8.36. The van der Waals surface area contributed by atoms with Crippen molar-refractivity contribution in [2.75, 3.05) is 18.1 Å². The van der Waals surface area contributed by atoms with Gasteiger partial charge in [0.05, 0.1) is 15.6 Å². The Morgan fingerprint density at radius 1 is 1.14 bits per heavy atom. The van der Waals surface area contributed by atoms with E-state index in [1.165, 1.54) is 59.5 Å². The molecule has 10 heteroatoms. The van der Waals surface area contributed by atoms with Gasteiger partial charge < -0.3 is 5.32 Å². The molecule has 0 saturated heterocycles. The van der Waals surface area contributed by atoms with E-state index in [1.54, 1.807) is 26.0 Å². The summed E-state index contributed by atoms with van der Waals surface area (Å²) < 4.78 is 26.1. The third-order valence-corrected chi connectivity index (χ3v) is 7.02. The minimum atomic E-state index is -3.57. The number of nitro groups is 1. The summed E-state index contributed by atoms with van der Waals surface area (Å²) in [5.41, 5.74) is 0.479. The number of nitro benzene ring substituents is 1. The van der Waals surface area contributed by atoms with Gasteiger partial charge in [-0.05, 0) is 50.2 Å². The van der Waals surface area contributed by atoms with E-state index in [9.17, 15) is 23.3 Å². The number of sulfonamides is 1. The first kappa shape index (κ1) is 21.9. The number of carbonyl (C=O) groups is 1. The molecule has 0 spiro atoms. The van der Waals surface area contributed by atoms with E-state index < -0.39 is 14.9 Å². The van der Waals surface area contributed by atoms with Crippen molar-refractivity contribution in [2.45, 2.75) is 29.7 Å². The second-order valence-electron chi connectivity index (χ2n) is 6.23. The van der Waals surface area contributed by atoms with Crippen molar-refractivity contribution in [1.29, 1.82) is 0 Å². The van der Waals surface area contributed by atoms with E-state index in [1.807, 2.05) is 0 Å². The summed E-state index contributed by atoms with van der Waals surface area (Å²) in [5, 5.41) is 13.3. The van der Waals surface area contributed by atoms with Crippen LogP contribution in [0.15, 0.2) is 58.3 Å². The number of nitrogens with one attached hydrogen (secondary N) is 1. The van der Waals surface area contributed by atoms with E-state index in [-0.39, 0.29) is 28.3 Å². The molecule has 0 aliphatic carbocycles. The largest absolute Gasteiger partial charge is 0.325 e. The Morgan fingerprint density at radius 3 is 2.21 bits per heavy atom. The number of benzene rings is 2. The summed E-state index contributed by atoms with van der Waals surface area (Å²) in [4.78, 5) is 23.1. The van der Waals surface area contributed by atoms with Crippen LogP contribution in [0, 0.1) is 10.1 Å². The van der Waals surface area contributed by atoms with Crippen molar-refractivity contribution in [3.05, 3.63) is 58.6 Å². The zero-order valence-electron chi connectivity index (χ0n) is 15.7. The summed E-state index contributed by atoms with van der Waals surface area (Å²) in [7, 11) is -2.05. The van der Waals surface area contributed by atoms with Gasteiger partial charge in [-0.15, -0.1) is 11.8 Å². The van der Waals surface area contributed by atoms with Gasteiger partial charge in [0, 0.05) is 35.8 Å². The van der Waals surface area contributed by atoms with Crippen LogP contribution in [-0.2, 0) is 14.8 Å². The van der Waals surface area contributed by atoms with E-state index in [4.69, 9.17) is 0 Å². The second kappa shape index (κ2) is 9.18. The van der Waals surface area contributed by atoms with Gasteiger partial charge in [-0.3, -0.25) is 14.9 Å². The Balaban J connectivity index is 1.94. The van der Waals surface area contributed by atoms with Crippen LogP contribution in [0.25, 0.3) is 0 Å². The normalized spacial score (nSPS) is 11.6. The van der Waals surface area contributed by atoms with Gasteiger partial charge in [0.2, 0.25) is 15.9 Å². The highest BCUT2D eigenvalue weighted by atomic mass is 32.2. The predicted molar refractivity (Wildman–Crippen MR) is 109 cm³/mol. The van der Waals surface area contributed by atoms with E-state index >= 15 is 0 Å². The molecule has 1 N–H and O–H groups in total. The third kappa shape index (κ3) is 5.54. The van der Waals surface area contributed by atoms with Crippen LogP contribution in [-0.4, -0.2) is 42.4 Å². The molecule has 0 fully saturated rings. The van der Waals surface area contributed by atoms with Gasteiger partial charge in [0.15, 0.2) is 0 Å². The fourth-order valence-electron chi connectivity index (χ4n) is 2.16. The highest BCUT2D eigenvalue weighted by Gasteiger charge is 2.22.